The summed E-state index contributed by atoms with van der Waals surface area (Å²) in [6.45, 7) is 3.59. The summed E-state index contributed by atoms with van der Waals surface area (Å²) in [7, 11) is 0. The maximum atomic E-state index is 13.1. The van der Waals surface area contributed by atoms with Crippen molar-refractivity contribution in [2.45, 2.75) is 32.4 Å². The molecule has 2 N–H and O–H groups in total. The molecule has 16 heavy (non-hydrogen) atoms. The summed E-state index contributed by atoms with van der Waals surface area (Å²) in [6, 6.07) is 6.02. The van der Waals surface area contributed by atoms with E-state index >= 15 is 0 Å². The average Bonchev–Trinajstić information content (AvgIpc) is 2.14. The van der Waals surface area contributed by atoms with Crippen LogP contribution in [0.3, 0.4) is 0 Å². The van der Waals surface area contributed by atoms with Crippen LogP contribution >= 0.6 is 0 Å². The zero-order valence-corrected chi connectivity index (χ0v) is 9.37. The van der Waals surface area contributed by atoms with Gasteiger partial charge in [-0.1, -0.05) is 0 Å². The van der Waals surface area contributed by atoms with E-state index in [4.69, 9.17) is 5.26 Å². The molecule has 4 heteroatoms. The number of hydrogen-bond acceptors (Lipinski definition) is 3. The summed E-state index contributed by atoms with van der Waals surface area (Å²) in [4.78, 5) is 0. The van der Waals surface area contributed by atoms with Crippen molar-refractivity contribution in [3.8, 4) is 6.07 Å². The third kappa shape index (κ3) is 3.87. The molecule has 0 aromatic heterocycles. The van der Waals surface area contributed by atoms with Gasteiger partial charge in [-0.25, -0.2) is 4.39 Å². The van der Waals surface area contributed by atoms with Crippen molar-refractivity contribution < 1.29 is 9.50 Å². The smallest absolute Gasteiger partial charge is 0.126 e. The summed E-state index contributed by atoms with van der Waals surface area (Å²) >= 11 is 0. The van der Waals surface area contributed by atoms with Crippen LogP contribution in [-0.4, -0.2) is 17.3 Å². The quantitative estimate of drug-likeness (QED) is 0.821. The van der Waals surface area contributed by atoms with E-state index in [0.717, 1.165) is 0 Å². The molecule has 1 aromatic rings. The van der Waals surface area contributed by atoms with E-state index in [2.05, 4.69) is 5.32 Å². The zero-order valence-electron chi connectivity index (χ0n) is 9.37. The van der Waals surface area contributed by atoms with Crippen molar-refractivity contribution in [2.75, 3.05) is 5.32 Å². The highest BCUT2D eigenvalue weighted by atomic mass is 19.1. The zero-order chi connectivity index (χ0) is 12.1. The van der Waals surface area contributed by atoms with E-state index in [9.17, 15) is 9.50 Å². The second kappa shape index (κ2) is 5.47. The highest BCUT2D eigenvalue weighted by molar-refractivity contribution is 5.50. The van der Waals surface area contributed by atoms with E-state index in [1.807, 2.05) is 13.0 Å². The number of nitrogens with zero attached hydrogens (tertiary/aromatic N) is 1. The first-order valence-corrected chi connectivity index (χ1v) is 5.16. The Balaban J connectivity index is 2.74. The third-order valence-electron chi connectivity index (χ3n) is 2.13. The summed E-state index contributed by atoms with van der Waals surface area (Å²) in [5.41, 5.74) is 0.844. The van der Waals surface area contributed by atoms with Crippen LogP contribution in [0.5, 0.6) is 0 Å². The molecule has 1 aromatic carbocycles. The van der Waals surface area contributed by atoms with Crippen LogP contribution in [0.1, 0.15) is 25.8 Å². The molecule has 2 unspecified atom stereocenters. The topological polar surface area (TPSA) is 56.0 Å². The lowest BCUT2D eigenvalue weighted by Gasteiger charge is -2.16. The molecule has 0 heterocycles. The minimum Gasteiger partial charge on any atom is -0.393 e. The molecule has 0 radical (unpaired) electrons. The van der Waals surface area contributed by atoms with Gasteiger partial charge in [0.15, 0.2) is 0 Å². The van der Waals surface area contributed by atoms with Gasteiger partial charge in [-0.3, -0.25) is 0 Å². The van der Waals surface area contributed by atoms with Gasteiger partial charge in [0.25, 0.3) is 0 Å². The van der Waals surface area contributed by atoms with E-state index < -0.39 is 11.9 Å². The summed E-state index contributed by atoms with van der Waals surface area (Å²) in [5, 5.41) is 20.9. The number of hydrogen-bond donors (Lipinski definition) is 2. The van der Waals surface area contributed by atoms with Gasteiger partial charge < -0.3 is 10.4 Å². The molecule has 0 aliphatic heterocycles. The van der Waals surface area contributed by atoms with Crippen molar-refractivity contribution in [1.29, 1.82) is 5.26 Å². The first-order chi connectivity index (χ1) is 7.51. The molecular formula is C12H15FN2O. The van der Waals surface area contributed by atoms with Gasteiger partial charge in [0.2, 0.25) is 0 Å². The highest BCUT2D eigenvalue weighted by Crippen LogP contribution is 2.15. The highest BCUT2D eigenvalue weighted by Gasteiger charge is 2.07. The largest absolute Gasteiger partial charge is 0.393 e. The van der Waals surface area contributed by atoms with Gasteiger partial charge in [0.05, 0.1) is 17.7 Å². The van der Waals surface area contributed by atoms with Crippen LogP contribution in [0.2, 0.25) is 0 Å². The van der Waals surface area contributed by atoms with Gasteiger partial charge in [0.1, 0.15) is 5.82 Å². The Hall–Kier alpha value is -1.60. The molecule has 0 aliphatic carbocycles. The molecule has 0 saturated carbocycles. The molecule has 86 valence electrons. The fourth-order valence-corrected chi connectivity index (χ4v) is 1.59. The molecule has 3 nitrogen and oxygen atoms in total. The Bertz CT molecular complexity index is 398. The van der Waals surface area contributed by atoms with E-state index in [1.165, 1.54) is 12.1 Å². The molecule has 0 saturated heterocycles. The first kappa shape index (κ1) is 12.5. The number of rotatable bonds is 4. The van der Waals surface area contributed by atoms with E-state index in [-0.39, 0.29) is 11.6 Å². The second-order valence-electron chi connectivity index (χ2n) is 3.97. The predicted molar refractivity (Wildman–Crippen MR) is 60.5 cm³/mol. The number of nitrogens with one attached hydrogen (secondary N) is 1. The minimum absolute atomic E-state index is 0.0216. The van der Waals surface area contributed by atoms with Gasteiger partial charge in [0, 0.05) is 11.7 Å². The van der Waals surface area contributed by atoms with Crippen LogP contribution in [0.4, 0.5) is 10.1 Å². The molecule has 2 atom stereocenters. The van der Waals surface area contributed by atoms with Crippen LogP contribution in [0, 0.1) is 17.1 Å². The minimum atomic E-state index is -0.439. The van der Waals surface area contributed by atoms with Crippen molar-refractivity contribution in [1.82, 2.24) is 0 Å². The Kier molecular flexibility index (Phi) is 4.27. The Labute approximate surface area is 94.5 Å². The lowest BCUT2D eigenvalue weighted by atomic mass is 10.1. The van der Waals surface area contributed by atoms with Crippen LogP contribution in [0.25, 0.3) is 0 Å². The van der Waals surface area contributed by atoms with Gasteiger partial charge in [-0.2, -0.15) is 5.26 Å². The van der Waals surface area contributed by atoms with Crippen molar-refractivity contribution in [3.05, 3.63) is 29.6 Å². The predicted octanol–water partition coefficient (Wildman–Crippen LogP) is 2.27. The maximum Gasteiger partial charge on any atom is 0.126 e. The third-order valence-corrected chi connectivity index (χ3v) is 2.13. The number of halogens is 1. The second-order valence-corrected chi connectivity index (χ2v) is 3.97. The normalized spacial score (nSPS) is 13.9. The molecule has 0 fully saturated rings. The summed E-state index contributed by atoms with van der Waals surface area (Å²) in [5.74, 6) is -0.439. The van der Waals surface area contributed by atoms with Crippen molar-refractivity contribution in [3.63, 3.8) is 0 Å². The summed E-state index contributed by atoms with van der Waals surface area (Å²) < 4.78 is 13.1. The van der Waals surface area contributed by atoms with Crippen LogP contribution in [0.15, 0.2) is 18.2 Å². The fraction of sp³-hybridized carbons (Fsp3) is 0.417. The Morgan fingerprint density at radius 2 is 2.12 bits per heavy atom. The van der Waals surface area contributed by atoms with Crippen LogP contribution in [-0.2, 0) is 0 Å². The van der Waals surface area contributed by atoms with Crippen molar-refractivity contribution >= 4 is 5.69 Å². The standard InChI is InChI=1S/C12H15FN2O/c1-8(3-9(2)16)15-12-5-10(7-14)4-11(13)6-12/h4-6,8-9,15-16H,3H2,1-2H3. The van der Waals surface area contributed by atoms with Crippen molar-refractivity contribution in [2.24, 2.45) is 0 Å². The first-order valence-electron chi connectivity index (χ1n) is 5.16. The van der Waals surface area contributed by atoms with E-state index in [0.29, 0.717) is 12.1 Å². The Morgan fingerprint density at radius 3 is 2.69 bits per heavy atom. The SMILES string of the molecule is CC(O)CC(C)Nc1cc(F)cc(C#N)c1. The number of aliphatic hydroxyl groups is 1. The van der Waals surface area contributed by atoms with Gasteiger partial charge in [-0.05, 0) is 38.5 Å². The number of anilines is 1. The number of nitriles is 1. The number of benzene rings is 1. The molecule has 1 rings (SSSR count). The average molecular weight is 222 g/mol. The summed E-state index contributed by atoms with van der Waals surface area (Å²) in [6.07, 6.45) is 0.157. The maximum absolute atomic E-state index is 13.1. The fourth-order valence-electron chi connectivity index (χ4n) is 1.59. The molecule has 0 aliphatic rings. The Morgan fingerprint density at radius 1 is 1.44 bits per heavy atom. The molecular weight excluding hydrogens is 207 g/mol. The lowest BCUT2D eigenvalue weighted by Crippen LogP contribution is -2.20. The number of aliphatic hydroxyl groups excluding tert-OH is 1. The molecule has 0 spiro atoms. The molecule has 0 amide bonds. The van der Waals surface area contributed by atoms with Crippen LogP contribution < -0.4 is 5.32 Å². The van der Waals surface area contributed by atoms with Gasteiger partial charge in [-0.15, -0.1) is 0 Å². The van der Waals surface area contributed by atoms with E-state index in [1.54, 1.807) is 13.0 Å². The molecule has 0 bridgehead atoms. The van der Waals surface area contributed by atoms with Gasteiger partial charge >= 0.3 is 0 Å². The lowest BCUT2D eigenvalue weighted by molar-refractivity contribution is 0.179. The monoisotopic (exact) mass is 222 g/mol.